The second kappa shape index (κ2) is 6.87. The van der Waals surface area contributed by atoms with Crippen LogP contribution in [0.4, 0.5) is 0 Å². The van der Waals surface area contributed by atoms with Crippen molar-refractivity contribution in [3.05, 3.63) is 73.0 Å². The van der Waals surface area contributed by atoms with Gasteiger partial charge in [-0.1, -0.05) is 60.7 Å². The molecule has 0 spiro atoms. The molecule has 0 atom stereocenters. The van der Waals surface area contributed by atoms with E-state index in [-0.39, 0.29) is 32.7 Å². The van der Waals surface area contributed by atoms with Crippen LogP contribution in [0.15, 0.2) is 65.1 Å². The molecule has 0 aliphatic carbocycles. The maximum Gasteiger partial charge on any atom is 0.158 e. The van der Waals surface area contributed by atoms with Crippen molar-refractivity contribution >= 4 is 0 Å². The molecule has 2 nitrogen and oxygen atoms in total. The van der Waals surface area contributed by atoms with Crippen molar-refractivity contribution in [3.8, 4) is 22.6 Å². The van der Waals surface area contributed by atoms with Crippen LogP contribution in [0.25, 0.3) is 22.6 Å². The quantitative estimate of drug-likeness (QED) is 0.654. The monoisotopic (exact) mass is 337 g/mol. The number of aromatic nitrogens is 1. The second-order valence-corrected chi connectivity index (χ2v) is 4.25. The predicted molar refractivity (Wildman–Crippen MR) is 76.5 cm³/mol. The summed E-state index contributed by atoms with van der Waals surface area (Å²) in [6.07, 6.45) is 1.87. The molecule has 0 amide bonds. The molecule has 0 saturated carbocycles. The summed E-state index contributed by atoms with van der Waals surface area (Å²) in [5, 5.41) is 0. The largest absolute Gasteiger partial charge is 0.471 e. The fraction of sp³-hybridized carbons (Fsp3) is 0.0588. The van der Waals surface area contributed by atoms with Gasteiger partial charge in [0.15, 0.2) is 5.76 Å². The molecule has 3 aromatic rings. The molecule has 1 aromatic heterocycles. The zero-order valence-corrected chi connectivity index (χ0v) is 14.1. The first-order valence-electron chi connectivity index (χ1n) is 6.29. The third-order valence-corrected chi connectivity index (χ3v) is 2.97. The summed E-state index contributed by atoms with van der Waals surface area (Å²) >= 11 is 0. The van der Waals surface area contributed by atoms with E-state index in [2.05, 4.69) is 4.98 Å². The molecular formula is C17H14NOY-. The third kappa shape index (κ3) is 3.03. The van der Waals surface area contributed by atoms with Gasteiger partial charge in [0, 0.05) is 43.8 Å². The van der Waals surface area contributed by atoms with Gasteiger partial charge in [0.05, 0.1) is 5.89 Å². The van der Waals surface area contributed by atoms with E-state index in [1.54, 1.807) is 0 Å². The maximum absolute atomic E-state index is 5.84. The molecule has 0 unspecified atom stereocenters. The van der Waals surface area contributed by atoms with Crippen molar-refractivity contribution in [2.24, 2.45) is 0 Å². The number of benzene rings is 2. The number of nitrogens with zero attached hydrogens (tertiary/aromatic N) is 1. The van der Waals surface area contributed by atoms with E-state index in [4.69, 9.17) is 4.42 Å². The van der Waals surface area contributed by atoms with Crippen molar-refractivity contribution in [3.63, 3.8) is 0 Å². The SMILES string of the molecule is C[CH-]c1nc(-c2ccccc2)c(-c2ccccc2)o1.[Y]. The van der Waals surface area contributed by atoms with Crippen LogP contribution >= 0.6 is 0 Å². The Morgan fingerprint density at radius 3 is 1.95 bits per heavy atom. The molecule has 0 saturated heterocycles. The molecule has 2 aromatic carbocycles. The number of hydrogen-bond acceptors (Lipinski definition) is 2. The van der Waals surface area contributed by atoms with Crippen LogP contribution in [0.1, 0.15) is 12.8 Å². The van der Waals surface area contributed by atoms with Crippen molar-refractivity contribution in [2.45, 2.75) is 6.92 Å². The Bertz CT molecular complexity index is 605. The Labute approximate surface area is 144 Å². The Balaban J connectivity index is 0.00000147. The van der Waals surface area contributed by atoms with Crippen LogP contribution < -0.4 is 0 Å². The summed E-state index contributed by atoms with van der Waals surface area (Å²) < 4.78 is 5.84. The Kier molecular flexibility index (Phi) is 5.16. The van der Waals surface area contributed by atoms with Gasteiger partial charge in [-0.15, -0.1) is 0 Å². The zero-order valence-electron chi connectivity index (χ0n) is 11.3. The van der Waals surface area contributed by atoms with Crippen LogP contribution in [0.3, 0.4) is 0 Å². The third-order valence-electron chi connectivity index (χ3n) is 2.97. The van der Waals surface area contributed by atoms with Crippen LogP contribution in [0.2, 0.25) is 0 Å². The van der Waals surface area contributed by atoms with Gasteiger partial charge in [-0.3, -0.25) is 0 Å². The predicted octanol–water partition coefficient (Wildman–Crippen LogP) is 4.58. The zero-order chi connectivity index (χ0) is 13.1. The van der Waals surface area contributed by atoms with Crippen molar-refractivity contribution in [2.75, 3.05) is 0 Å². The minimum atomic E-state index is 0. The van der Waals surface area contributed by atoms with Gasteiger partial charge in [-0.2, -0.15) is 6.92 Å². The van der Waals surface area contributed by atoms with Gasteiger partial charge < -0.3 is 10.8 Å². The van der Waals surface area contributed by atoms with E-state index >= 15 is 0 Å². The summed E-state index contributed by atoms with van der Waals surface area (Å²) in [7, 11) is 0. The van der Waals surface area contributed by atoms with Gasteiger partial charge >= 0.3 is 0 Å². The van der Waals surface area contributed by atoms with Gasteiger partial charge in [0.25, 0.3) is 0 Å². The summed E-state index contributed by atoms with van der Waals surface area (Å²) in [6, 6.07) is 20.2. The average Bonchev–Trinajstić information content (AvgIpc) is 2.93. The molecule has 0 N–H and O–H groups in total. The summed E-state index contributed by atoms with van der Waals surface area (Å²) in [5.74, 6) is 1.47. The van der Waals surface area contributed by atoms with Gasteiger partial charge in [-0.25, -0.2) is 4.98 Å². The first kappa shape index (κ1) is 15.0. The fourth-order valence-corrected chi connectivity index (χ4v) is 2.04. The Morgan fingerprint density at radius 1 is 0.850 bits per heavy atom. The van der Waals surface area contributed by atoms with E-state index in [1.807, 2.05) is 74.0 Å². The van der Waals surface area contributed by atoms with E-state index < -0.39 is 0 Å². The van der Waals surface area contributed by atoms with E-state index in [0.717, 1.165) is 22.6 Å². The minimum absolute atomic E-state index is 0. The van der Waals surface area contributed by atoms with E-state index in [9.17, 15) is 0 Å². The molecule has 0 aliphatic rings. The average molecular weight is 337 g/mol. The van der Waals surface area contributed by atoms with Crippen LogP contribution in [-0.4, -0.2) is 4.98 Å². The van der Waals surface area contributed by atoms with Crippen LogP contribution in [0.5, 0.6) is 0 Å². The number of hydrogen-bond donors (Lipinski definition) is 0. The van der Waals surface area contributed by atoms with Crippen LogP contribution in [-0.2, 0) is 32.7 Å². The van der Waals surface area contributed by atoms with E-state index in [1.165, 1.54) is 0 Å². The fourth-order valence-electron chi connectivity index (χ4n) is 2.04. The van der Waals surface area contributed by atoms with Crippen LogP contribution in [0, 0.1) is 6.42 Å². The number of oxazole rings is 1. The first-order valence-corrected chi connectivity index (χ1v) is 6.29. The smallest absolute Gasteiger partial charge is 0.158 e. The van der Waals surface area contributed by atoms with Gasteiger partial charge in [0.2, 0.25) is 0 Å². The minimum Gasteiger partial charge on any atom is -0.471 e. The maximum atomic E-state index is 5.84. The standard InChI is InChI=1S/C17H14NO.Y/c1-2-15-18-16(13-9-5-3-6-10-13)17(19-15)14-11-7-4-8-12-14;/h2-12H,1H3;/q-1;. The molecule has 1 radical (unpaired) electrons. The molecule has 0 fully saturated rings. The topological polar surface area (TPSA) is 26.0 Å². The Morgan fingerprint density at radius 2 is 1.40 bits per heavy atom. The van der Waals surface area contributed by atoms with E-state index in [0.29, 0.717) is 5.89 Å². The van der Waals surface area contributed by atoms with Crippen molar-refractivity contribution < 1.29 is 37.1 Å². The number of rotatable bonds is 3. The normalized spacial score (nSPS) is 9.85. The molecule has 1 heterocycles. The molecule has 0 bridgehead atoms. The second-order valence-electron chi connectivity index (χ2n) is 4.25. The van der Waals surface area contributed by atoms with Crippen molar-refractivity contribution in [1.82, 2.24) is 4.98 Å². The van der Waals surface area contributed by atoms with Gasteiger partial charge in [0.1, 0.15) is 5.69 Å². The van der Waals surface area contributed by atoms with Crippen molar-refractivity contribution in [1.29, 1.82) is 0 Å². The first-order chi connectivity index (χ1) is 9.38. The molecule has 97 valence electrons. The summed E-state index contributed by atoms with van der Waals surface area (Å²) in [4.78, 5) is 4.55. The molecule has 0 aliphatic heterocycles. The van der Waals surface area contributed by atoms with Gasteiger partial charge in [-0.05, 0) is 0 Å². The molecule has 20 heavy (non-hydrogen) atoms. The molecular weight excluding hydrogens is 323 g/mol. The molecule has 3 heteroatoms. The summed E-state index contributed by atoms with van der Waals surface area (Å²) in [5.41, 5.74) is 3.00. The Hall–Kier alpha value is -1.38. The molecule has 3 rings (SSSR count). The summed E-state index contributed by atoms with van der Waals surface area (Å²) in [6.45, 7) is 1.93.